The minimum atomic E-state index is -1.15. The SMILES string of the molecule is CCCc1cc(OC)c([C@@H]2O[C@H](CO)C[C@H](O)C2O)cc1Cc1ccc(/C=C/C(C)(C)C(=O)NC(C)(C)C(=O)NCCN(C)C)cc1. The van der Waals surface area contributed by atoms with E-state index in [-0.39, 0.29) is 24.8 Å². The lowest BCUT2D eigenvalue weighted by Gasteiger charge is -2.37. The van der Waals surface area contributed by atoms with Gasteiger partial charge in [0.1, 0.15) is 23.5 Å². The largest absolute Gasteiger partial charge is 0.496 e. The first-order chi connectivity index (χ1) is 22.1. The molecule has 4 atom stereocenters. The smallest absolute Gasteiger partial charge is 0.245 e. The molecule has 0 spiro atoms. The zero-order valence-corrected chi connectivity index (χ0v) is 29.3. The molecule has 2 aromatic carbocycles. The van der Waals surface area contributed by atoms with Gasteiger partial charge in [0.15, 0.2) is 0 Å². The minimum Gasteiger partial charge on any atom is -0.496 e. The van der Waals surface area contributed by atoms with Gasteiger partial charge in [-0.05, 0) is 89.0 Å². The van der Waals surface area contributed by atoms with E-state index in [2.05, 4.69) is 17.6 Å². The van der Waals surface area contributed by atoms with Crippen LogP contribution in [0.25, 0.3) is 6.08 Å². The molecule has 0 saturated carbocycles. The van der Waals surface area contributed by atoms with Crippen molar-refractivity contribution in [3.05, 3.63) is 70.3 Å². The number of likely N-dealkylation sites (N-methyl/N-ethyl adjacent to an activating group) is 1. The number of nitrogens with one attached hydrogen (secondary N) is 2. The van der Waals surface area contributed by atoms with E-state index in [0.717, 1.165) is 35.1 Å². The average Bonchev–Trinajstić information content (AvgIpc) is 3.02. The summed E-state index contributed by atoms with van der Waals surface area (Å²) in [5, 5.41) is 36.7. The summed E-state index contributed by atoms with van der Waals surface area (Å²) >= 11 is 0. The van der Waals surface area contributed by atoms with Gasteiger partial charge in [-0.15, -0.1) is 0 Å². The fraction of sp³-hybridized carbons (Fsp3) is 0.568. The molecule has 1 aliphatic rings. The van der Waals surface area contributed by atoms with Gasteiger partial charge in [-0.25, -0.2) is 0 Å². The summed E-state index contributed by atoms with van der Waals surface area (Å²) in [5.74, 6) is 0.0952. The average molecular weight is 654 g/mol. The van der Waals surface area contributed by atoms with E-state index in [1.165, 1.54) is 0 Å². The molecule has 0 aromatic heterocycles. The van der Waals surface area contributed by atoms with Gasteiger partial charge in [0.2, 0.25) is 11.8 Å². The predicted octanol–water partition coefficient (Wildman–Crippen LogP) is 3.39. The Labute approximate surface area is 280 Å². The summed E-state index contributed by atoms with van der Waals surface area (Å²) in [6.07, 6.45) is 2.74. The van der Waals surface area contributed by atoms with Crippen LogP contribution in [-0.2, 0) is 27.2 Å². The van der Waals surface area contributed by atoms with Crippen molar-refractivity contribution in [3.63, 3.8) is 0 Å². The van der Waals surface area contributed by atoms with E-state index in [0.29, 0.717) is 30.8 Å². The van der Waals surface area contributed by atoms with Crippen molar-refractivity contribution in [1.29, 1.82) is 0 Å². The Hall–Kier alpha value is -3.28. The van der Waals surface area contributed by atoms with Crippen LogP contribution < -0.4 is 15.4 Å². The van der Waals surface area contributed by atoms with Gasteiger partial charge in [-0.1, -0.05) is 49.8 Å². The number of rotatable bonds is 15. The number of carbonyl (C=O) groups is 2. The highest BCUT2D eigenvalue weighted by Gasteiger charge is 2.39. The molecular weight excluding hydrogens is 598 g/mol. The zero-order chi connectivity index (χ0) is 34.9. The van der Waals surface area contributed by atoms with Gasteiger partial charge in [-0.2, -0.15) is 0 Å². The maximum Gasteiger partial charge on any atom is 0.245 e. The van der Waals surface area contributed by atoms with Crippen molar-refractivity contribution < 1.29 is 34.4 Å². The highest BCUT2D eigenvalue weighted by molar-refractivity contribution is 5.93. The number of ether oxygens (including phenoxy) is 2. The van der Waals surface area contributed by atoms with E-state index >= 15 is 0 Å². The normalized spacial score (nSPS) is 20.4. The topological polar surface area (TPSA) is 141 Å². The fourth-order valence-corrected chi connectivity index (χ4v) is 5.54. The Morgan fingerprint density at radius 2 is 1.74 bits per heavy atom. The number of nitrogens with zero attached hydrogens (tertiary/aromatic N) is 1. The van der Waals surface area contributed by atoms with Crippen molar-refractivity contribution in [1.82, 2.24) is 15.5 Å². The summed E-state index contributed by atoms with van der Waals surface area (Å²) in [4.78, 5) is 27.8. The molecule has 0 bridgehead atoms. The van der Waals surface area contributed by atoms with Crippen LogP contribution in [0, 0.1) is 5.41 Å². The van der Waals surface area contributed by atoms with Crippen molar-refractivity contribution in [2.24, 2.45) is 5.41 Å². The number of aliphatic hydroxyl groups excluding tert-OH is 3. The van der Waals surface area contributed by atoms with Crippen LogP contribution in [0.5, 0.6) is 5.75 Å². The maximum atomic E-state index is 13.2. The molecular formula is C37H55N3O7. The minimum absolute atomic E-state index is 0.159. The summed E-state index contributed by atoms with van der Waals surface area (Å²) < 4.78 is 11.7. The molecule has 2 amide bonds. The van der Waals surface area contributed by atoms with Crippen LogP contribution in [0.3, 0.4) is 0 Å². The Balaban J connectivity index is 1.76. The molecule has 0 aliphatic carbocycles. The molecule has 47 heavy (non-hydrogen) atoms. The van der Waals surface area contributed by atoms with Crippen LogP contribution in [0.4, 0.5) is 0 Å². The quantitative estimate of drug-likeness (QED) is 0.197. The number of hydrogen-bond acceptors (Lipinski definition) is 8. The summed E-state index contributed by atoms with van der Waals surface area (Å²) in [6, 6.07) is 12.1. The van der Waals surface area contributed by atoms with Crippen LogP contribution in [0.2, 0.25) is 0 Å². The van der Waals surface area contributed by atoms with Crippen molar-refractivity contribution in [3.8, 4) is 5.75 Å². The molecule has 260 valence electrons. The Morgan fingerprint density at radius 3 is 2.34 bits per heavy atom. The van der Waals surface area contributed by atoms with Gasteiger partial charge < -0.3 is 40.3 Å². The van der Waals surface area contributed by atoms with Gasteiger partial charge >= 0.3 is 0 Å². The third-order valence-corrected chi connectivity index (χ3v) is 8.62. The molecule has 2 aromatic rings. The molecule has 1 fully saturated rings. The van der Waals surface area contributed by atoms with Crippen molar-refractivity contribution in [2.75, 3.05) is 40.9 Å². The van der Waals surface area contributed by atoms with E-state index < -0.39 is 35.4 Å². The molecule has 10 heteroatoms. The first kappa shape index (κ1) is 38.2. The second-order valence-corrected chi connectivity index (χ2v) is 13.9. The van der Waals surface area contributed by atoms with E-state index in [1.807, 2.05) is 81.4 Å². The first-order valence-corrected chi connectivity index (χ1v) is 16.5. The third kappa shape index (κ3) is 10.4. The molecule has 1 heterocycles. The lowest BCUT2D eigenvalue weighted by atomic mass is 9.88. The second kappa shape index (κ2) is 16.7. The fourth-order valence-electron chi connectivity index (χ4n) is 5.54. The summed E-state index contributed by atoms with van der Waals surface area (Å²) in [6.45, 7) is 10.1. The Morgan fingerprint density at radius 1 is 1.06 bits per heavy atom. The van der Waals surface area contributed by atoms with Gasteiger partial charge in [0, 0.05) is 25.1 Å². The number of aliphatic hydroxyl groups is 3. The van der Waals surface area contributed by atoms with E-state index in [4.69, 9.17) is 9.47 Å². The van der Waals surface area contributed by atoms with Gasteiger partial charge in [0.05, 0.1) is 31.3 Å². The molecule has 0 radical (unpaired) electrons. The predicted molar refractivity (Wildman–Crippen MR) is 184 cm³/mol. The summed E-state index contributed by atoms with van der Waals surface area (Å²) in [5.41, 5.74) is 2.92. The first-order valence-electron chi connectivity index (χ1n) is 16.5. The number of amides is 2. The van der Waals surface area contributed by atoms with Crippen molar-refractivity contribution in [2.45, 2.75) is 90.3 Å². The van der Waals surface area contributed by atoms with Crippen LogP contribution in [-0.4, -0.2) is 96.8 Å². The number of benzene rings is 2. The molecule has 1 aliphatic heterocycles. The van der Waals surface area contributed by atoms with Crippen LogP contribution in [0.1, 0.15) is 81.4 Å². The number of aryl methyl sites for hydroxylation is 1. The molecule has 5 N–H and O–H groups in total. The zero-order valence-electron chi connectivity index (χ0n) is 29.3. The Bertz CT molecular complexity index is 1370. The number of methoxy groups -OCH3 is 1. The van der Waals surface area contributed by atoms with E-state index in [9.17, 15) is 24.9 Å². The molecule has 1 saturated heterocycles. The van der Waals surface area contributed by atoms with Crippen LogP contribution >= 0.6 is 0 Å². The number of hydrogen-bond donors (Lipinski definition) is 5. The second-order valence-electron chi connectivity index (χ2n) is 13.9. The van der Waals surface area contributed by atoms with E-state index in [1.54, 1.807) is 21.0 Å². The monoisotopic (exact) mass is 653 g/mol. The van der Waals surface area contributed by atoms with Gasteiger partial charge in [-0.3, -0.25) is 9.59 Å². The molecule has 10 nitrogen and oxygen atoms in total. The number of carbonyl (C=O) groups excluding carboxylic acids is 2. The highest BCUT2D eigenvalue weighted by Crippen LogP contribution is 2.39. The lowest BCUT2D eigenvalue weighted by molar-refractivity contribution is -0.180. The maximum absolute atomic E-state index is 13.2. The summed E-state index contributed by atoms with van der Waals surface area (Å²) in [7, 11) is 5.44. The highest BCUT2D eigenvalue weighted by atomic mass is 16.5. The third-order valence-electron chi connectivity index (χ3n) is 8.62. The standard InChI is InChI=1S/C37H55N3O7/c1-9-10-26-21-31(46-8)29(33-32(43)30(42)22-28(23-41)47-33)20-27(26)19-25-13-11-24(12-14-25)15-16-36(2,3)34(44)39-37(4,5)35(45)38-17-18-40(6)7/h11-16,20-21,28,30,32-33,41-43H,9-10,17-19,22-23H2,1-8H3,(H,38,45)(H,39,44)/b16-15+/t28-,30-,32?,33-/m0/s1. The van der Waals surface area contributed by atoms with Gasteiger partial charge in [0.25, 0.3) is 0 Å². The molecule has 3 rings (SSSR count). The Kier molecular flexibility index (Phi) is 13.6. The molecule has 1 unspecified atom stereocenters. The van der Waals surface area contributed by atoms with Crippen molar-refractivity contribution >= 4 is 17.9 Å². The lowest BCUT2D eigenvalue weighted by Crippen LogP contribution is -2.57. The van der Waals surface area contributed by atoms with Crippen LogP contribution in [0.15, 0.2) is 42.5 Å².